The Morgan fingerprint density at radius 2 is 1.13 bits per heavy atom. The Morgan fingerprint density at radius 1 is 0.620 bits per heavy atom. The van der Waals surface area contributed by atoms with Gasteiger partial charge in [0.2, 0.25) is 17.7 Å². The number of alkyl carbamates (subject to hydrolysis) is 1. The summed E-state index contributed by atoms with van der Waals surface area (Å²) >= 11 is 1.44. The molecule has 374 valence electrons. The van der Waals surface area contributed by atoms with Gasteiger partial charge in [-0.15, -0.1) is 11.8 Å². The van der Waals surface area contributed by atoms with Crippen LogP contribution in [0.15, 0.2) is 140 Å². The summed E-state index contributed by atoms with van der Waals surface area (Å²) in [6, 6.07) is 40.7. The van der Waals surface area contributed by atoms with Crippen molar-refractivity contribution in [3.05, 3.63) is 167 Å². The molecule has 0 unspecified atom stereocenters. The smallest absolute Gasteiger partial charge is 0.410 e. The number of rotatable bonds is 21. The summed E-state index contributed by atoms with van der Waals surface area (Å²) in [5, 5.41) is 11.3. The zero-order valence-corrected chi connectivity index (χ0v) is 42.3. The molecule has 0 fully saturated rings. The highest BCUT2D eigenvalue weighted by atomic mass is 32.2. The number of fused-ring (bicyclic) bond motifs is 3. The van der Waals surface area contributed by atoms with E-state index in [4.69, 9.17) is 14.2 Å². The maximum absolute atomic E-state index is 15.6. The summed E-state index contributed by atoms with van der Waals surface area (Å²) in [5.74, 6) is -3.05. The summed E-state index contributed by atoms with van der Waals surface area (Å²) in [5.41, 5.74) is 5.46. The largest absolute Gasteiger partial charge is 0.468 e. The summed E-state index contributed by atoms with van der Waals surface area (Å²) in [6.45, 7) is 8.66. The van der Waals surface area contributed by atoms with Gasteiger partial charge in [0.05, 0.1) is 25.0 Å². The molecular formula is C56H65N5O9S. The first kappa shape index (κ1) is 53.2. The van der Waals surface area contributed by atoms with Gasteiger partial charge in [0, 0.05) is 12.3 Å². The normalized spacial score (nSPS) is 13.4. The Labute approximate surface area is 421 Å². The lowest BCUT2D eigenvalue weighted by atomic mass is 9.84. The molecule has 5 aromatic rings. The fraction of sp³-hybridized carbons (Fsp3) is 0.357. The second-order valence-corrected chi connectivity index (χ2v) is 19.8. The number of unbranched alkanes of at least 4 members (excludes halogenated alkanes) is 1. The highest BCUT2D eigenvalue weighted by Gasteiger charge is 2.44. The number of esters is 1. The van der Waals surface area contributed by atoms with Gasteiger partial charge in [-0.3, -0.25) is 24.1 Å². The van der Waals surface area contributed by atoms with Gasteiger partial charge in [-0.2, -0.15) is 0 Å². The van der Waals surface area contributed by atoms with Crippen molar-refractivity contribution < 1.29 is 43.0 Å². The van der Waals surface area contributed by atoms with Crippen molar-refractivity contribution in [2.75, 3.05) is 33.1 Å². The fourth-order valence-electron chi connectivity index (χ4n) is 8.87. The Bertz CT molecular complexity index is 2470. The van der Waals surface area contributed by atoms with Crippen molar-refractivity contribution in [3.8, 4) is 11.1 Å². The molecule has 0 saturated carbocycles. The van der Waals surface area contributed by atoms with E-state index < -0.39 is 82.9 Å². The minimum Gasteiger partial charge on any atom is -0.468 e. The molecule has 0 aliphatic heterocycles. The van der Waals surface area contributed by atoms with E-state index >= 15 is 9.59 Å². The Morgan fingerprint density at radius 3 is 1.61 bits per heavy atom. The van der Waals surface area contributed by atoms with Gasteiger partial charge in [-0.05, 0) is 84.9 Å². The van der Waals surface area contributed by atoms with Crippen LogP contribution in [0.5, 0.6) is 0 Å². The molecule has 5 amide bonds. The zero-order valence-electron chi connectivity index (χ0n) is 41.4. The second-order valence-electron chi connectivity index (χ2n) is 18.6. The molecule has 5 aromatic carbocycles. The topological polar surface area (TPSA) is 181 Å². The van der Waals surface area contributed by atoms with Crippen LogP contribution in [0.25, 0.3) is 11.1 Å². The fourth-order valence-corrected chi connectivity index (χ4v) is 10.4. The van der Waals surface area contributed by atoms with Crippen molar-refractivity contribution in [2.24, 2.45) is 5.92 Å². The van der Waals surface area contributed by atoms with Gasteiger partial charge < -0.3 is 35.5 Å². The number of nitrogens with one attached hydrogen (secondary N) is 4. The van der Waals surface area contributed by atoms with Crippen molar-refractivity contribution in [3.63, 3.8) is 0 Å². The van der Waals surface area contributed by atoms with Crippen LogP contribution < -0.4 is 21.3 Å². The van der Waals surface area contributed by atoms with E-state index in [0.29, 0.717) is 12.8 Å². The lowest BCUT2D eigenvalue weighted by molar-refractivity contribution is -0.141. The molecule has 14 nitrogen and oxygen atoms in total. The predicted octanol–water partition coefficient (Wildman–Crippen LogP) is 8.53. The molecule has 71 heavy (non-hydrogen) atoms. The maximum atomic E-state index is 15.6. The molecule has 0 aromatic heterocycles. The first-order valence-corrected chi connectivity index (χ1v) is 24.8. The van der Waals surface area contributed by atoms with Crippen LogP contribution in [0.1, 0.15) is 87.7 Å². The molecule has 1 aliphatic carbocycles. The highest BCUT2D eigenvalue weighted by molar-refractivity contribution is 8.00. The number of amides is 5. The Hall–Kier alpha value is -7.13. The highest BCUT2D eigenvalue weighted by Crippen LogP contribution is 2.49. The van der Waals surface area contributed by atoms with Crippen molar-refractivity contribution in [1.82, 2.24) is 26.2 Å². The number of hydrogen-bond donors (Lipinski definition) is 4. The predicted molar refractivity (Wildman–Crippen MR) is 275 cm³/mol. The van der Waals surface area contributed by atoms with Crippen LogP contribution in [0.2, 0.25) is 0 Å². The number of methoxy groups -OCH3 is 2. The van der Waals surface area contributed by atoms with E-state index in [9.17, 15) is 19.2 Å². The number of benzene rings is 5. The third-order valence-electron chi connectivity index (χ3n) is 12.2. The average molecular weight is 984 g/mol. The molecule has 0 bridgehead atoms. The molecule has 0 radical (unpaired) electrons. The zero-order chi connectivity index (χ0) is 51.1. The summed E-state index contributed by atoms with van der Waals surface area (Å²) in [7, 11) is 2.48. The van der Waals surface area contributed by atoms with Gasteiger partial charge in [0.15, 0.2) is 0 Å². The van der Waals surface area contributed by atoms with Crippen LogP contribution >= 0.6 is 11.8 Å². The minimum atomic E-state index is -1.31. The molecule has 4 N–H and O–H groups in total. The lowest BCUT2D eigenvalue weighted by Crippen LogP contribution is -2.59. The number of thioether (sulfide) groups is 1. The van der Waals surface area contributed by atoms with Gasteiger partial charge >= 0.3 is 18.2 Å². The van der Waals surface area contributed by atoms with Gasteiger partial charge in [0.25, 0.3) is 0 Å². The Kier molecular flexibility index (Phi) is 18.5. The first-order chi connectivity index (χ1) is 34.1. The maximum Gasteiger partial charge on any atom is 0.410 e. The monoisotopic (exact) mass is 983 g/mol. The molecule has 1 aliphatic rings. The summed E-state index contributed by atoms with van der Waals surface area (Å²) < 4.78 is 14.8. The standard InChI is InChI=1S/C56H65N5O9S/c1-37(2)48(52(65)58-35-47(62)68-6)60-50(63)45(36-71-56(38-23-11-8-12-24-38,39-25-13-9-14-26-39)40-27-15-10-16-28-40)59-51(64)46(33-21-22-34-57-53(66)70-55(3,4)5)61(54(67)69-7)49-43-31-19-17-29-41(43)42-30-18-20-32-44(42)49/h8-20,23-32,37,45-46,48-49H,21-22,33-36H2,1-7H3,(H,57,66)(H,58,65)(H,59,64)(H,60,63)/t45-,46-,48-/m1/s1. The molecule has 0 spiro atoms. The van der Waals surface area contributed by atoms with Crippen LogP contribution in [0.3, 0.4) is 0 Å². The molecule has 15 heteroatoms. The van der Waals surface area contributed by atoms with E-state index in [0.717, 1.165) is 38.9 Å². The van der Waals surface area contributed by atoms with E-state index in [1.54, 1.807) is 34.6 Å². The van der Waals surface area contributed by atoms with Gasteiger partial charge in [-0.25, -0.2) is 9.59 Å². The third kappa shape index (κ3) is 13.2. The minimum absolute atomic E-state index is 0.0231. The average Bonchev–Trinajstić information content (AvgIpc) is 3.70. The van der Waals surface area contributed by atoms with Gasteiger partial charge in [0.1, 0.15) is 30.3 Å². The van der Waals surface area contributed by atoms with Crippen LogP contribution in [-0.4, -0.2) is 97.6 Å². The van der Waals surface area contributed by atoms with E-state index in [1.165, 1.54) is 30.9 Å². The number of ether oxygens (including phenoxy) is 3. The van der Waals surface area contributed by atoms with Crippen molar-refractivity contribution in [2.45, 2.75) is 88.4 Å². The Balaban J connectivity index is 1.43. The number of hydrogen-bond acceptors (Lipinski definition) is 10. The quantitative estimate of drug-likeness (QED) is 0.0241. The van der Waals surface area contributed by atoms with Gasteiger partial charge in [-0.1, -0.05) is 153 Å². The van der Waals surface area contributed by atoms with E-state index in [-0.39, 0.29) is 18.7 Å². The second kappa shape index (κ2) is 24.6. The van der Waals surface area contributed by atoms with E-state index in [2.05, 4.69) is 21.3 Å². The number of nitrogens with zero attached hydrogens (tertiary/aromatic N) is 1. The molecule has 6 rings (SSSR count). The van der Waals surface area contributed by atoms with Crippen LogP contribution in [0, 0.1) is 5.92 Å². The lowest BCUT2D eigenvalue weighted by Gasteiger charge is -2.38. The molecular weight excluding hydrogens is 919 g/mol. The SMILES string of the molecule is COC(=O)CNC(=O)[C@H](NC(=O)[C@@H](CSC(c1ccccc1)(c1ccccc1)c1ccccc1)NC(=O)[C@@H](CCCCNC(=O)OC(C)(C)C)N(C(=O)OC)C1c2ccccc2-c2ccccc21)C(C)C. The molecule has 0 heterocycles. The summed E-state index contributed by atoms with van der Waals surface area (Å²) in [6.07, 6.45) is -0.462. The first-order valence-electron chi connectivity index (χ1n) is 23.9. The van der Waals surface area contributed by atoms with Crippen LogP contribution in [-0.2, 0) is 38.1 Å². The van der Waals surface area contributed by atoms with Crippen molar-refractivity contribution >= 4 is 47.6 Å². The number of carbonyl (C=O) groups is 6. The van der Waals surface area contributed by atoms with E-state index in [1.807, 2.05) is 140 Å². The summed E-state index contributed by atoms with van der Waals surface area (Å²) in [4.78, 5) is 84.8. The molecule has 3 atom stereocenters. The molecule has 0 saturated heterocycles. The van der Waals surface area contributed by atoms with Crippen molar-refractivity contribution in [1.29, 1.82) is 0 Å². The third-order valence-corrected chi connectivity index (χ3v) is 13.8. The number of carbonyl (C=O) groups excluding carboxylic acids is 6. The van der Waals surface area contributed by atoms with Crippen LogP contribution in [0.4, 0.5) is 9.59 Å².